The number of amides is 1. The Balaban J connectivity index is 2.81. The van der Waals surface area contributed by atoms with Crippen LogP contribution in [0.5, 0.6) is 5.75 Å². The predicted octanol–water partition coefficient (Wildman–Crippen LogP) is 3.00. The zero-order valence-corrected chi connectivity index (χ0v) is 9.87. The van der Waals surface area contributed by atoms with Crippen LogP contribution in [0.25, 0.3) is 0 Å². The summed E-state index contributed by atoms with van der Waals surface area (Å²) in [5.41, 5.74) is 2.05. The number of phenolic OH excluding ortho intramolecular Hbond substituents is 1. The number of nitrogens with one attached hydrogen (secondary N) is 1. The molecule has 0 atom stereocenters. The third-order valence-electron chi connectivity index (χ3n) is 2.27. The van der Waals surface area contributed by atoms with E-state index >= 15 is 0 Å². The quantitative estimate of drug-likeness (QED) is 0.606. The van der Waals surface area contributed by atoms with Crippen molar-refractivity contribution < 1.29 is 9.90 Å². The van der Waals surface area contributed by atoms with Crippen molar-refractivity contribution in [3.63, 3.8) is 0 Å². The van der Waals surface area contributed by atoms with Gasteiger partial charge in [-0.15, -0.1) is 0 Å². The molecule has 1 aromatic carbocycles. The minimum absolute atomic E-state index is 0.0950. The number of aromatic hydroxyl groups is 1. The standard InChI is InChI=1S/C13H17NO2/c1-4-5-10(3)13(16)14-11-7-6-9(2)8-12(11)15/h5-8,15H,4H2,1-3H3,(H,14,16)/b10-5-. The molecule has 0 saturated heterocycles. The molecular formula is C13H17NO2. The minimum atomic E-state index is -0.180. The smallest absolute Gasteiger partial charge is 0.251 e. The summed E-state index contributed by atoms with van der Waals surface area (Å²) in [5, 5.41) is 12.3. The van der Waals surface area contributed by atoms with Crippen molar-refractivity contribution in [1.29, 1.82) is 0 Å². The summed E-state index contributed by atoms with van der Waals surface area (Å²) in [4.78, 5) is 11.6. The van der Waals surface area contributed by atoms with E-state index in [0.29, 0.717) is 11.3 Å². The van der Waals surface area contributed by atoms with Gasteiger partial charge in [0.25, 0.3) is 5.91 Å². The van der Waals surface area contributed by atoms with Crippen LogP contribution in [0, 0.1) is 6.92 Å². The van der Waals surface area contributed by atoms with Gasteiger partial charge >= 0.3 is 0 Å². The van der Waals surface area contributed by atoms with Gasteiger partial charge in [-0.1, -0.05) is 19.1 Å². The molecular weight excluding hydrogens is 202 g/mol. The maximum atomic E-state index is 11.6. The first-order chi connectivity index (χ1) is 7.54. The molecule has 1 aromatic rings. The van der Waals surface area contributed by atoms with Gasteiger partial charge in [-0.2, -0.15) is 0 Å². The molecule has 0 aromatic heterocycles. The topological polar surface area (TPSA) is 49.3 Å². The minimum Gasteiger partial charge on any atom is -0.506 e. The van der Waals surface area contributed by atoms with E-state index < -0.39 is 0 Å². The van der Waals surface area contributed by atoms with Crippen LogP contribution in [0.3, 0.4) is 0 Å². The van der Waals surface area contributed by atoms with Gasteiger partial charge in [0.05, 0.1) is 5.69 Å². The van der Waals surface area contributed by atoms with Gasteiger partial charge < -0.3 is 10.4 Å². The highest BCUT2D eigenvalue weighted by Gasteiger charge is 2.07. The summed E-state index contributed by atoms with van der Waals surface area (Å²) >= 11 is 0. The Kier molecular flexibility index (Phi) is 4.11. The molecule has 0 aliphatic rings. The van der Waals surface area contributed by atoms with Crippen molar-refractivity contribution in [2.75, 3.05) is 5.32 Å². The Morgan fingerprint density at radius 3 is 2.75 bits per heavy atom. The molecule has 0 heterocycles. The number of carbonyl (C=O) groups is 1. The second kappa shape index (κ2) is 5.35. The number of allylic oxidation sites excluding steroid dienone is 1. The monoisotopic (exact) mass is 219 g/mol. The van der Waals surface area contributed by atoms with E-state index in [9.17, 15) is 9.90 Å². The average molecular weight is 219 g/mol. The lowest BCUT2D eigenvalue weighted by atomic mass is 10.2. The normalized spacial score (nSPS) is 11.3. The Morgan fingerprint density at radius 1 is 1.50 bits per heavy atom. The summed E-state index contributed by atoms with van der Waals surface area (Å²) in [6, 6.07) is 5.16. The second-order valence-corrected chi connectivity index (χ2v) is 3.77. The lowest BCUT2D eigenvalue weighted by Gasteiger charge is -2.08. The SMILES string of the molecule is CC/C=C(/C)C(=O)Nc1ccc(C)cc1O. The molecule has 0 spiro atoms. The van der Waals surface area contributed by atoms with Crippen LogP contribution in [0.2, 0.25) is 0 Å². The van der Waals surface area contributed by atoms with Crippen molar-refractivity contribution in [1.82, 2.24) is 0 Å². The van der Waals surface area contributed by atoms with E-state index in [2.05, 4.69) is 5.32 Å². The van der Waals surface area contributed by atoms with Crippen LogP contribution >= 0.6 is 0 Å². The molecule has 0 bridgehead atoms. The summed E-state index contributed by atoms with van der Waals surface area (Å²) in [5.74, 6) is -0.0846. The predicted molar refractivity (Wildman–Crippen MR) is 65.5 cm³/mol. The van der Waals surface area contributed by atoms with E-state index in [1.807, 2.05) is 26.0 Å². The zero-order chi connectivity index (χ0) is 12.1. The third kappa shape index (κ3) is 3.12. The number of hydrogen-bond donors (Lipinski definition) is 2. The average Bonchev–Trinajstić information content (AvgIpc) is 2.22. The largest absolute Gasteiger partial charge is 0.506 e. The molecule has 0 aliphatic carbocycles. The van der Waals surface area contributed by atoms with Crippen LogP contribution in [0.1, 0.15) is 25.8 Å². The molecule has 3 heteroatoms. The van der Waals surface area contributed by atoms with Crippen LogP contribution in [0.4, 0.5) is 5.69 Å². The lowest BCUT2D eigenvalue weighted by molar-refractivity contribution is -0.112. The van der Waals surface area contributed by atoms with Crippen LogP contribution < -0.4 is 5.32 Å². The molecule has 1 rings (SSSR count). The Morgan fingerprint density at radius 2 is 2.19 bits per heavy atom. The van der Waals surface area contributed by atoms with Gasteiger partial charge in [-0.25, -0.2) is 0 Å². The maximum absolute atomic E-state index is 11.6. The number of phenols is 1. The summed E-state index contributed by atoms with van der Waals surface area (Å²) < 4.78 is 0. The van der Waals surface area contributed by atoms with E-state index in [4.69, 9.17) is 0 Å². The molecule has 0 fully saturated rings. The molecule has 1 amide bonds. The van der Waals surface area contributed by atoms with Crippen molar-refractivity contribution >= 4 is 11.6 Å². The van der Waals surface area contributed by atoms with Gasteiger partial charge in [0.1, 0.15) is 5.75 Å². The van der Waals surface area contributed by atoms with Gasteiger partial charge in [0.15, 0.2) is 0 Å². The Hall–Kier alpha value is -1.77. The fourth-order valence-electron chi connectivity index (χ4n) is 1.37. The molecule has 16 heavy (non-hydrogen) atoms. The maximum Gasteiger partial charge on any atom is 0.251 e. The molecule has 86 valence electrons. The highest BCUT2D eigenvalue weighted by Crippen LogP contribution is 2.24. The first-order valence-electron chi connectivity index (χ1n) is 5.32. The van der Waals surface area contributed by atoms with E-state index in [1.165, 1.54) is 0 Å². The molecule has 3 nitrogen and oxygen atoms in total. The summed E-state index contributed by atoms with van der Waals surface area (Å²) in [7, 11) is 0. The highest BCUT2D eigenvalue weighted by atomic mass is 16.3. The second-order valence-electron chi connectivity index (χ2n) is 3.77. The van der Waals surface area contributed by atoms with Crippen molar-refractivity contribution in [2.45, 2.75) is 27.2 Å². The number of hydrogen-bond acceptors (Lipinski definition) is 2. The Bertz CT molecular complexity index is 422. The van der Waals surface area contributed by atoms with Crippen LogP contribution in [0.15, 0.2) is 29.8 Å². The summed E-state index contributed by atoms with van der Waals surface area (Å²) in [6.45, 7) is 5.61. The zero-order valence-electron chi connectivity index (χ0n) is 9.87. The fourth-order valence-corrected chi connectivity index (χ4v) is 1.37. The molecule has 0 saturated carbocycles. The first-order valence-corrected chi connectivity index (χ1v) is 5.32. The fraction of sp³-hybridized carbons (Fsp3) is 0.308. The number of anilines is 1. The molecule has 0 unspecified atom stereocenters. The van der Waals surface area contributed by atoms with Gasteiger partial charge in [0, 0.05) is 5.57 Å². The van der Waals surface area contributed by atoms with Gasteiger partial charge in [-0.3, -0.25) is 4.79 Å². The van der Waals surface area contributed by atoms with E-state index in [1.54, 1.807) is 19.1 Å². The molecule has 0 aliphatic heterocycles. The third-order valence-corrected chi connectivity index (χ3v) is 2.27. The van der Waals surface area contributed by atoms with Gasteiger partial charge in [0.2, 0.25) is 0 Å². The Labute approximate surface area is 95.8 Å². The highest BCUT2D eigenvalue weighted by molar-refractivity contribution is 6.04. The summed E-state index contributed by atoms with van der Waals surface area (Å²) in [6.07, 6.45) is 2.67. The lowest BCUT2D eigenvalue weighted by Crippen LogP contribution is -2.12. The molecule has 2 N–H and O–H groups in total. The van der Waals surface area contributed by atoms with Crippen molar-refractivity contribution in [2.24, 2.45) is 0 Å². The molecule has 0 radical (unpaired) electrons. The number of rotatable bonds is 3. The van der Waals surface area contributed by atoms with E-state index in [-0.39, 0.29) is 11.7 Å². The number of carbonyl (C=O) groups excluding carboxylic acids is 1. The van der Waals surface area contributed by atoms with Gasteiger partial charge in [-0.05, 0) is 38.0 Å². The number of aryl methyl sites for hydroxylation is 1. The van der Waals surface area contributed by atoms with Crippen molar-refractivity contribution in [3.05, 3.63) is 35.4 Å². The van der Waals surface area contributed by atoms with Crippen molar-refractivity contribution in [3.8, 4) is 5.75 Å². The van der Waals surface area contributed by atoms with Crippen LogP contribution in [-0.2, 0) is 4.79 Å². The van der Waals surface area contributed by atoms with E-state index in [0.717, 1.165) is 12.0 Å². The first kappa shape index (κ1) is 12.3. The number of benzene rings is 1. The van der Waals surface area contributed by atoms with Crippen LogP contribution in [-0.4, -0.2) is 11.0 Å².